The average molecular weight is 811 g/mol. The molecule has 5 rings (SSSR count). The molecular formula is C52H66N4O4. The number of aryl methyl sites for hydroxylation is 4. The number of anilines is 3. The lowest BCUT2D eigenvalue weighted by Gasteiger charge is -2.35. The largest absolute Gasteiger partial charge is 0.871 e. The first-order valence-electron chi connectivity index (χ1n) is 22.1. The van der Waals surface area contributed by atoms with E-state index in [4.69, 9.17) is 0 Å². The summed E-state index contributed by atoms with van der Waals surface area (Å²) in [6, 6.07) is 18.5. The van der Waals surface area contributed by atoms with Crippen LogP contribution >= 0.6 is 0 Å². The first kappa shape index (κ1) is 45.6. The van der Waals surface area contributed by atoms with Gasteiger partial charge < -0.3 is 20.6 Å². The highest BCUT2D eigenvalue weighted by Gasteiger charge is 2.35. The molecule has 3 aromatic carbocycles. The summed E-state index contributed by atoms with van der Waals surface area (Å²) in [4.78, 5) is 42.0. The van der Waals surface area contributed by atoms with Crippen molar-refractivity contribution < 1.29 is 24.1 Å². The van der Waals surface area contributed by atoms with Crippen molar-refractivity contribution in [2.75, 3.05) is 23.3 Å². The number of nitrogens with zero attached hydrogens (tertiary/aromatic N) is 2. The highest BCUT2D eigenvalue weighted by Crippen LogP contribution is 2.43. The summed E-state index contributed by atoms with van der Waals surface area (Å²) in [5.41, 5.74) is 10.1. The summed E-state index contributed by atoms with van der Waals surface area (Å²) >= 11 is 0. The van der Waals surface area contributed by atoms with Crippen molar-refractivity contribution in [2.24, 2.45) is 11.8 Å². The predicted molar refractivity (Wildman–Crippen MR) is 246 cm³/mol. The quantitative estimate of drug-likeness (QED) is 0.0983. The molecule has 2 amide bonds. The van der Waals surface area contributed by atoms with Gasteiger partial charge >= 0.3 is 0 Å². The summed E-state index contributed by atoms with van der Waals surface area (Å²) in [6.45, 7) is 21.7. The molecule has 0 bridgehead atoms. The van der Waals surface area contributed by atoms with Gasteiger partial charge in [0, 0.05) is 83.7 Å². The Morgan fingerprint density at radius 3 is 1.97 bits per heavy atom. The summed E-state index contributed by atoms with van der Waals surface area (Å²) in [7, 11) is 0. The Morgan fingerprint density at radius 2 is 1.38 bits per heavy atom. The maximum absolute atomic E-state index is 14.3. The molecule has 0 saturated carbocycles. The van der Waals surface area contributed by atoms with Gasteiger partial charge in [-0.3, -0.25) is 14.4 Å². The molecule has 2 N–H and O–H groups in total. The van der Waals surface area contributed by atoms with Gasteiger partial charge in [0.1, 0.15) is 0 Å². The van der Waals surface area contributed by atoms with E-state index in [1.165, 1.54) is 25.0 Å². The first-order chi connectivity index (χ1) is 28.7. The fraction of sp³-hybridized carbons (Fsp3) is 0.423. The van der Waals surface area contributed by atoms with E-state index >= 15 is 0 Å². The van der Waals surface area contributed by atoms with Crippen LogP contribution < -0.4 is 20.6 Å². The maximum atomic E-state index is 14.3. The molecule has 0 spiro atoms. The minimum Gasteiger partial charge on any atom is -0.871 e. The zero-order valence-electron chi connectivity index (χ0n) is 37.7. The monoisotopic (exact) mass is 811 g/mol. The molecule has 0 heterocycles. The molecule has 2 atom stereocenters. The molecular weight excluding hydrogens is 745 g/mol. The smallest absolute Gasteiger partial charge is 0.221 e. The van der Waals surface area contributed by atoms with Crippen molar-refractivity contribution in [2.45, 2.75) is 121 Å². The van der Waals surface area contributed by atoms with Crippen LogP contribution in [-0.2, 0) is 14.4 Å². The van der Waals surface area contributed by atoms with Crippen molar-refractivity contribution in [1.29, 1.82) is 0 Å². The van der Waals surface area contributed by atoms with Gasteiger partial charge in [0.2, 0.25) is 23.2 Å². The van der Waals surface area contributed by atoms with Gasteiger partial charge in [0.05, 0.1) is 11.4 Å². The third-order valence-corrected chi connectivity index (χ3v) is 12.0. The van der Waals surface area contributed by atoms with Crippen molar-refractivity contribution in [3.05, 3.63) is 123 Å². The predicted octanol–water partition coefficient (Wildman–Crippen LogP) is 10.8. The Hall–Kier alpha value is -5.50. The van der Waals surface area contributed by atoms with Gasteiger partial charge in [0.15, 0.2) is 12.3 Å². The summed E-state index contributed by atoms with van der Waals surface area (Å²) in [6.07, 6.45) is 14.4. The SMILES string of the molecule is CCCCC(CC)CN(c1ccc(C2=C([O-])/C(=C3C=C/C(=[N+](\CC(CC)CCCC)c4ccc(C)cc4C)C=C\3NC(C)=O)C2=O)c(NC(C)=O)c1)c1ccc(C)cc1C. The molecule has 2 aliphatic carbocycles. The molecule has 0 aromatic heterocycles. The minimum absolute atomic E-state index is 0.0178. The second-order valence-electron chi connectivity index (χ2n) is 16.9. The van der Waals surface area contributed by atoms with E-state index in [9.17, 15) is 19.5 Å². The van der Waals surface area contributed by atoms with Gasteiger partial charge in [0.25, 0.3) is 0 Å². The summed E-state index contributed by atoms with van der Waals surface area (Å²) < 4.78 is 2.30. The molecule has 2 unspecified atom stereocenters. The zero-order valence-corrected chi connectivity index (χ0v) is 37.7. The maximum Gasteiger partial charge on any atom is 0.221 e. The van der Waals surface area contributed by atoms with Crippen molar-refractivity contribution >= 4 is 51.6 Å². The lowest BCUT2D eigenvalue weighted by molar-refractivity contribution is -0.449. The molecule has 0 fully saturated rings. The lowest BCUT2D eigenvalue weighted by Crippen LogP contribution is -2.34. The normalized spacial score (nSPS) is 16.9. The number of carbonyl (C=O) groups excluding carboxylic acids is 3. The fourth-order valence-corrected chi connectivity index (χ4v) is 8.56. The average Bonchev–Trinajstić information content (AvgIpc) is 3.20. The Kier molecular flexibility index (Phi) is 15.7. The van der Waals surface area contributed by atoms with E-state index < -0.39 is 11.5 Å². The molecule has 8 nitrogen and oxygen atoms in total. The molecule has 8 heteroatoms. The third kappa shape index (κ3) is 10.6. The highest BCUT2D eigenvalue weighted by molar-refractivity contribution is 6.40. The van der Waals surface area contributed by atoms with Crippen LogP contribution in [0.2, 0.25) is 0 Å². The van der Waals surface area contributed by atoms with E-state index in [2.05, 4.69) is 112 Å². The Labute approximate surface area is 358 Å². The zero-order chi connectivity index (χ0) is 43.7. The number of allylic oxidation sites excluding steroid dienone is 5. The number of unbranched alkanes of at least 4 members (excludes halogenated alkanes) is 2. The molecule has 2 aliphatic rings. The number of hydrogen-bond acceptors (Lipinski definition) is 5. The number of nitrogens with one attached hydrogen (secondary N) is 2. The van der Waals surface area contributed by atoms with Crippen molar-refractivity contribution in [3.63, 3.8) is 0 Å². The van der Waals surface area contributed by atoms with Gasteiger partial charge in [-0.05, 0) is 88.8 Å². The van der Waals surface area contributed by atoms with Crippen LogP contribution in [0.25, 0.3) is 5.57 Å². The molecule has 3 aromatic rings. The van der Waals surface area contributed by atoms with Gasteiger partial charge in [-0.15, -0.1) is 0 Å². The minimum atomic E-state index is -0.424. The number of rotatable bonds is 18. The van der Waals surface area contributed by atoms with E-state index in [-0.39, 0.29) is 23.0 Å². The Morgan fingerprint density at radius 1 is 0.750 bits per heavy atom. The standard InChI is InChI=1S/C52H66N4O4/c1-11-15-17-39(13-3)31-55(47-25-19-33(5)27-35(47)7)41-21-23-43(45(29-41)53-37(9)57)49-51(59)50(52(49)60)44-24-22-42(30-46(44)54-38(10)58)56(32-40(14-4)18-16-12-2)48-26-20-34(6)28-36(48)8/h19-30,39-40H,11-18,31-32H2,1-10H3,(H2,53,54,57,58,59,60). The van der Waals surface area contributed by atoms with Gasteiger partial charge in [-0.1, -0.05) is 101 Å². The molecule has 0 aliphatic heterocycles. The number of carbonyl (C=O) groups is 3. The van der Waals surface area contributed by atoms with Gasteiger partial charge in [-0.25, -0.2) is 0 Å². The Balaban J connectivity index is 1.63. The number of Topliss-reactive ketones (excluding diaryl/α,β-unsaturated/α-hetero) is 1. The van der Waals surface area contributed by atoms with E-state index in [1.54, 1.807) is 12.1 Å². The molecule has 60 heavy (non-hydrogen) atoms. The fourth-order valence-electron chi connectivity index (χ4n) is 8.56. The van der Waals surface area contributed by atoms with Crippen LogP contribution in [0.15, 0.2) is 95.4 Å². The number of hydrogen-bond donors (Lipinski definition) is 2. The van der Waals surface area contributed by atoms with Crippen LogP contribution in [-0.4, -0.2) is 41.0 Å². The van der Waals surface area contributed by atoms with Crippen LogP contribution in [0.3, 0.4) is 0 Å². The molecule has 318 valence electrons. The number of benzene rings is 3. The van der Waals surface area contributed by atoms with Crippen LogP contribution in [0.5, 0.6) is 0 Å². The highest BCUT2D eigenvalue weighted by atomic mass is 16.3. The number of ketones is 1. The molecule has 0 saturated heterocycles. The van der Waals surface area contributed by atoms with E-state index in [0.29, 0.717) is 34.4 Å². The second kappa shape index (κ2) is 20.7. The van der Waals surface area contributed by atoms with Gasteiger partial charge in [-0.2, -0.15) is 4.58 Å². The summed E-state index contributed by atoms with van der Waals surface area (Å²) in [5.74, 6) is -0.562. The topological polar surface area (TPSA) is 105 Å². The van der Waals surface area contributed by atoms with Crippen molar-refractivity contribution in [1.82, 2.24) is 5.32 Å². The third-order valence-electron chi connectivity index (χ3n) is 12.0. The Bertz CT molecular complexity index is 2270. The van der Waals surface area contributed by atoms with Crippen LogP contribution in [0.1, 0.15) is 121 Å². The van der Waals surface area contributed by atoms with E-state index in [1.807, 2.05) is 24.3 Å². The second-order valence-corrected chi connectivity index (χ2v) is 16.9. The van der Waals surface area contributed by atoms with Crippen molar-refractivity contribution in [3.8, 4) is 0 Å². The lowest BCUT2D eigenvalue weighted by atomic mass is 9.78. The molecule has 0 radical (unpaired) electrons. The van der Waals surface area contributed by atoms with Crippen LogP contribution in [0, 0.1) is 39.5 Å². The summed E-state index contributed by atoms with van der Waals surface area (Å²) in [5, 5.41) is 20.2. The van der Waals surface area contributed by atoms with E-state index in [0.717, 1.165) is 98.4 Å². The van der Waals surface area contributed by atoms with Crippen LogP contribution in [0.4, 0.5) is 22.7 Å². The first-order valence-corrected chi connectivity index (χ1v) is 22.1. The number of amides is 2.